The smallest absolute Gasteiger partial charge is 0.252 e. The van der Waals surface area contributed by atoms with Crippen molar-refractivity contribution in [3.63, 3.8) is 0 Å². The molecular formula is C31H44F2N10O. The molecule has 4 fully saturated rings. The summed E-state index contributed by atoms with van der Waals surface area (Å²) in [7, 11) is 0. The van der Waals surface area contributed by atoms with Crippen LogP contribution < -0.4 is 20.9 Å². The number of hydrogen-bond donors (Lipinski definition) is 3. The van der Waals surface area contributed by atoms with Crippen LogP contribution in [-0.2, 0) is 11.3 Å². The Balaban J connectivity index is 0.000000433. The van der Waals surface area contributed by atoms with Gasteiger partial charge in [-0.3, -0.25) is 9.48 Å². The van der Waals surface area contributed by atoms with Gasteiger partial charge in [-0.15, -0.1) is 0 Å². The minimum atomic E-state index is -2.60. The molecule has 1 atom stereocenters. The van der Waals surface area contributed by atoms with Gasteiger partial charge in [0.25, 0.3) is 5.78 Å². The van der Waals surface area contributed by atoms with Crippen LogP contribution in [0.1, 0.15) is 87.8 Å². The lowest BCUT2D eigenvalue weighted by Crippen LogP contribution is -2.53. The summed E-state index contributed by atoms with van der Waals surface area (Å²) in [6, 6.07) is 1.62. The molecule has 2 aliphatic heterocycles. The number of amides is 1. The zero-order chi connectivity index (χ0) is 30.9. The fourth-order valence-corrected chi connectivity index (χ4v) is 6.64. The third-order valence-electron chi connectivity index (χ3n) is 9.36. The first-order chi connectivity index (χ1) is 21.2. The van der Waals surface area contributed by atoms with Gasteiger partial charge in [-0.25, -0.2) is 18.3 Å². The van der Waals surface area contributed by atoms with Crippen LogP contribution in [0.5, 0.6) is 0 Å². The summed E-state index contributed by atoms with van der Waals surface area (Å²) in [5.74, 6) is -1.00. The number of aryl methyl sites for hydroxylation is 2. The van der Waals surface area contributed by atoms with Gasteiger partial charge in [0.1, 0.15) is 5.69 Å². The van der Waals surface area contributed by atoms with Crippen molar-refractivity contribution in [2.45, 2.75) is 95.7 Å². The maximum absolute atomic E-state index is 14.0. The number of hydrogen-bond acceptors (Lipinski definition) is 8. The molecule has 1 amide bonds. The van der Waals surface area contributed by atoms with E-state index in [-0.39, 0.29) is 36.2 Å². The Morgan fingerprint density at radius 2 is 1.98 bits per heavy atom. The first-order valence-electron chi connectivity index (χ1n) is 16.0. The molecule has 0 bridgehead atoms. The lowest BCUT2D eigenvalue weighted by atomic mass is 9.81. The van der Waals surface area contributed by atoms with Crippen molar-refractivity contribution in [3.8, 4) is 0 Å². The maximum Gasteiger partial charge on any atom is 0.252 e. The number of carbonyl (C=O) groups is 1. The molecule has 13 heteroatoms. The van der Waals surface area contributed by atoms with Crippen LogP contribution in [0.25, 0.3) is 11.5 Å². The predicted molar refractivity (Wildman–Crippen MR) is 164 cm³/mol. The van der Waals surface area contributed by atoms with E-state index in [1.165, 1.54) is 12.8 Å². The van der Waals surface area contributed by atoms with Gasteiger partial charge < -0.3 is 20.9 Å². The number of halogens is 2. The highest BCUT2D eigenvalue weighted by Crippen LogP contribution is 2.42. The monoisotopic (exact) mass is 610 g/mol. The number of fused-ring (bicyclic) bond motifs is 1. The Hall–Kier alpha value is -3.61. The van der Waals surface area contributed by atoms with E-state index in [0.717, 1.165) is 68.3 Å². The standard InChI is InChI=1S/C26H35F2N9.C5H9NO/c1-4-36-21(7-12-30-36)17(2)31-22(19-5-8-26(27,28)9-6-19)20-15-37-24(32-20)33-23(18(3)34-37)35-14-13-29-25(16-35)10-11-25;7-5-3-1-2-4-6-5/h7,12,15,19,22,29,31H,2,4-6,8-11,13-14,16H2,1,3H3;1-4H2,(H,6,7). The molecule has 1 unspecified atom stereocenters. The SMILES string of the molecule is C=C(NC(c1cn2nc(C)c(N3CCNC4(CC4)C3)nc2n1)C1CCC(F)(F)CC1)c1ccnn1CC.O=C1CCCCN1. The largest absolute Gasteiger partial charge is 0.375 e. The third-order valence-corrected chi connectivity index (χ3v) is 9.36. The summed E-state index contributed by atoms with van der Waals surface area (Å²) < 4.78 is 31.6. The van der Waals surface area contributed by atoms with E-state index in [0.29, 0.717) is 30.9 Å². The molecule has 1 spiro atoms. The predicted octanol–water partition coefficient (Wildman–Crippen LogP) is 4.00. The minimum absolute atomic E-state index is 0.0113. The molecule has 5 heterocycles. The lowest BCUT2D eigenvalue weighted by Gasteiger charge is -2.35. The average molecular weight is 611 g/mol. The number of alkyl halides is 2. The minimum Gasteiger partial charge on any atom is -0.375 e. The number of nitrogens with zero attached hydrogens (tertiary/aromatic N) is 7. The highest BCUT2D eigenvalue weighted by Gasteiger charge is 2.46. The molecule has 2 saturated carbocycles. The van der Waals surface area contributed by atoms with Crippen molar-refractivity contribution in [2.75, 3.05) is 31.1 Å². The van der Waals surface area contributed by atoms with Crippen LogP contribution in [0.3, 0.4) is 0 Å². The molecule has 4 aliphatic rings. The van der Waals surface area contributed by atoms with E-state index >= 15 is 0 Å². The number of piperazine rings is 1. The topological polar surface area (TPSA) is 117 Å². The van der Waals surface area contributed by atoms with Crippen molar-refractivity contribution < 1.29 is 13.6 Å². The zero-order valence-electron chi connectivity index (χ0n) is 25.8. The highest BCUT2D eigenvalue weighted by molar-refractivity contribution is 5.76. The highest BCUT2D eigenvalue weighted by atomic mass is 19.3. The van der Waals surface area contributed by atoms with E-state index in [9.17, 15) is 13.6 Å². The second-order valence-corrected chi connectivity index (χ2v) is 12.7. The van der Waals surface area contributed by atoms with Crippen LogP contribution in [0, 0.1) is 12.8 Å². The average Bonchev–Trinajstić information content (AvgIpc) is 3.39. The molecule has 7 rings (SSSR count). The third kappa shape index (κ3) is 6.72. The van der Waals surface area contributed by atoms with Crippen LogP contribution in [-0.4, -0.2) is 72.9 Å². The van der Waals surface area contributed by atoms with Crippen molar-refractivity contribution >= 4 is 23.2 Å². The van der Waals surface area contributed by atoms with Crippen LogP contribution in [0.2, 0.25) is 0 Å². The van der Waals surface area contributed by atoms with Gasteiger partial charge in [0, 0.05) is 63.7 Å². The molecule has 0 radical (unpaired) electrons. The normalized spacial score (nSPS) is 21.8. The van der Waals surface area contributed by atoms with Crippen LogP contribution in [0.4, 0.5) is 14.6 Å². The van der Waals surface area contributed by atoms with Crippen molar-refractivity contribution in [3.05, 3.63) is 42.1 Å². The molecular weight excluding hydrogens is 566 g/mol. The quantitative estimate of drug-likeness (QED) is 0.368. The van der Waals surface area contributed by atoms with E-state index < -0.39 is 5.92 Å². The maximum atomic E-state index is 14.0. The lowest BCUT2D eigenvalue weighted by molar-refractivity contribution is -0.122. The van der Waals surface area contributed by atoms with Gasteiger partial charge in [0.2, 0.25) is 11.8 Å². The van der Waals surface area contributed by atoms with Crippen LogP contribution >= 0.6 is 0 Å². The van der Waals surface area contributed by atoms with Crippen molar-refractivity contribution in [2.24, 2.45) is 5.92 Å². The Kier molecular flexibility index (Phi) is 8.58. The van der Waals surface area contributed by atoms with E-state index in [2.05, 4.69) is 32.5 Å². The van der Waals surface area contributed by atoms with Gasteiger partial charge in [0.05, 0.1) is 29.3 Å². The first-order valence-corrected chi connectivity index (χ1v) is 16.0. The van der Waals surface area contributed by atoms with Gasteiger partial charge >= 0.3 is 0 Å². The van der Waals surface area contributed by atoms with Crippen LogP contribution in [0.15, 0.2) is 25.0 Å². The van der Waals surface area contributed by atoms with Gasteiger partial charge in [-0.2, -0.15) is 15.2 Å². The second-order valence-electron chi connectivity index (χ2n) is 12.7. The fraction of sp³-hybridized carbons (Fsp3) is 0.645. The summed E-state index contributed by atoms with van der Waals surface area (Å²) in [6.07, 6.45) is 9.57. The van der Waals surface area contributed by atoms with Crippen molar-refractivity contribution in [1.29, 1.82) is 0 Å². The molecule has 3 aromatic heterocycles. The summed E-state index contributed by atoms with van der Waals surface area (Å²) >= 11 is 0. The summed E-state index contributed by atoms with van der Waals surface area (Å²) in [5, 5.41) is 19.1. The molecule has 2 aliphatic carbocycles. The molecule has 3 aromatic rings. The number of anilines is 1. The second kappa shape index (κ2) is 12.4. The number of imidazole rings is 1. The summed E-state index contributed by atoms with van der Waals surface area (Å²) in [5.41, 5.74) is 3.40. The zero-order valence-corrected chi connectivity index (χ0v) is 25.8. The Labute approximate surface area is 256 Å². The van der Waals surface area contributed by atoms with E-state index in [4.69, 9.17) is 15.1 Å². The number of carbonyl (C=O) groups excluding carboxylic acids is 1. The van der Waals surface area contributed by atoms with Gasteiger partial charge in [0.15, 0.2) is 5.82 Å². The molecule has 44 heavy (non-hydrogen) atoms. The summed E-state index contributed by atoms with van der Waals surface area (Å²) in [6.45, 7) is 12.6. The molecule has 3 N–H and O–H groups in total. The number of nitrogens with one attached hydrogen (secondary N) is 3. The Morgan fingerprint density at radius 3 is 2.64 bits per heavy atom. The van der Waals surface area contributed by atoms with E-state index in [1.54, 1.807) is 10.7 Å². The molecule has 2 saturated heterocycles. The van der Waals surface area contributed by atoms with E-state index in [1.807, 2.05) is 30.8 Å². The molecule has 11 nitrogen and oxygen atoms in total. The summed E-state index contributed by atoms with van der Waals surface area (Å²) in [4.78, 5) is 22.5. The molecule has 238 valence electrons. The number of piperidine rings is 1. The Morgan fingerprint density at radius 1 is 1.18 bits per heavy atom. The van der Waals surface area contributed by atoms with Gasteiger partial charge in [-0.1, -0.05) is 6.58 Å². The van der Waals surface area contributed by atoms with Crippen molar-refractivity contribution in [1.82, 2.24) is 45.3 Å². The Bertz CT molecular complexity index is 1480. The number of rotatable bonds is 7. The number of aromatic nitrogens is 6. The van der Waals surface area contributed by atoms with Gasteiger partial charge in [-0.05, 0) is 64.4 Å². The molecule has 0 aromatic carbocycles. The first kappa shape index (κ1) is 30.4. The fourth-order valence-electron chi connectivity index (χ4n) is 6.64.